The number of likely N-dealkylation sites (N-methyl/N-ethyl adjacent to an activating group) is 1. The van der Waals surface area contributed by atoms with Crippen LogP contribution in [0.2, 0.25) is 0 Å². The van der Waals surface area contributed by atoms with Crippen LogP contribution in [0.5, 0.6) is 0 Å². The minimum atomic E-state index is 0.154. The van der Waals surface area contributed by atoms with Gasteiger partial charge in [-0.3, -0.25) is 9.80 Å². The van der Waals surface area contributed by atoms with E-state index in [1.807, 2.05) is 12.4 Å². The summed E-state index contributed by atoms with van der Waals surface area (Å²) in [5, 5.41) is 7.13. The molecular weight excluding hydrogens is 522 g/mol. The molecule has 0 amide bonds. The third kappa shape index (κ3) is 5.40. The summed E-state index contributed by atoms with van der Waals surface area (Å²) < 4.78 is 0. The lowest BCUT2D eigenvalue weighted by Crippen LogP contribution is -2.67. The fourth-order valence-electron chi connectivity index (χ4n) is 8.50. The molecular formula is C33H49N9. The third-order valence-electron chi connectivity index (χ3n) is 10.8. The van der Waals surface area contributed by atoms with E-state index < -0.39 is 0 Å². The first-order valence-corrected chi connectivity index (χ1v) is 16.7. The van der Waals surface area contributed by atoms with Gasteiger partial charge in [0.15, 0.2) is 0 Å². The van der Waals surface area contributed by atoms with Gasteiger partial charge in [-0.15, -0.1) is 0 Å². The van der Waals surface area contributed by atoms with Crippen molar-refractivity contribution in [1.82, 2.24) is 30.1 Å². The number of fused-ring (bicyclic) bond motifs is 4. The molecule has 2 atom stereocenters. The van der Waals surface area contributed by atoms with Gasteiger partial charge < -0.3 is 20.4 Å². The topological polar surface area (TPSA) is 75.7 Å². The molecule has 6 heterocycles. The number of hydrogen-bond acceptors (Lipinski definition) is 9. The molecule has 2 unspecified atom stereocenters. The van der Waals surface area contributed by atoms with Gasteiger partial charge in [0.2, 0.25) is 5.95 Å². The molecule has 4 fully saturated rings. The highest BCUT2D eigenvalue weighted by molar-refractivity contribution is 5.72. The molecule has 5 aliphatic rings. The Hall–Kier alpha value is -2.75. The number of anilines is 4. The van der Waals surface area contributed by atoms with E-state index in [4.69, 9.17) is 9.97 Å². The molecule has 226 valence electrons. The van der Waals surface area contributed by atoms with E-state index in [9.17, 15) is 0 Å². The van der Waals surface area contributed by atoms with E-state index in [1.54, 1.807) is 0 Å². The maximum Gasteiger partial charge on any atom is 0.230 e. The Morgan fingerprint density at radius 1 is 1.00 bits per heavy atom. The van der Waals surface area contributed by atoms with Crippen LogP contribution >= 0.6 is 0 Å². The summed E-state index contributed by atoms with van der Waals surface area (Å²) in [7, 11) is 0. The van der Waals surface area contributed by atoms with Crippen molar-refractivity contribution < 1.29 is 0 Å². The number of nitrogens with zero attached hydrogens (tertiary/aromatic N) is 7. The van der Waals surface area contributed by atoms with Crippen LogP contribution in [0.15, 0.2) is 30.6 Å². The van der Waals surface area contributed by atoms with Crippen LogP contribution < -0.4 is 20.4 Å². The Bertz CT molecular complexity index is 1220. The molecule has 7 rings (SSSR count). The second-order valence-electron chi connectivity index (χ2n) is 13.1. The Kier molecular flexibility index (Phi) is 8.07. The number of rotatable bonds is 7. The van der Waals surface area contributed by atoms with Crippen LogP contribution in [-0.2, 0) is 0 Å². The summed E-state index contributed by atoms with van der Waals surface area (Å²) in [4.78, 5) is 25.1. The number of likely N-dealkylation sites (tertiary alicyclic amines) is 1. The van der Waals surface area contributed by atoms with Gasteiger partial charge >= 0.3 is 0 Å². The van der Waals surface area contributed by atoms with Gasteiger partial charge in [0, 0.05) is 63.1 Å². The first-order valence-electron chi connectivity index (χ1n) is 16.7. The normalized spacial score (nSPS) is 26.1. The molecule has 4 aliphatic heterocycles. The minimum Gasteiger partial charge on any atom is -0.370 e. The molecule has 9 nitrogen and oxygen atoms in total. The molecule has 2 aromatic heterocycles. The summed E-state index contributed by atoms with van der Waals surface area (Å²) in [6.45, 7) is 13.6. The molecule has 2 N–H and O–H groups in total. The maximum atomic E-state index is 5.09. The second kappa shape index (κ2) is 12.1. The van der Waals surface area contributed by atoms with Crippen LogP contribution in [0.25, 0.3) is 6.08 Å². The van der Waals surface area contributed by atoms with E-state index in [1.165, 1.54) is 83.2 Å². The number of pyridine rings is 1. The van der Waals surface area contributed by atoms with E-state index in [-0.39, 0.29) is 5.54 Å². The van der Waals surface area contributed by atoms with Crippen molar-refractivity contribution in [2.45, 2.75) is 88.9 Å². The molecule has 42 heavy (non-hydrogen) atoms. The zero-order valence-corrected chi connectivity index (χ0v) is 25.6. The van der Waals surface area contributed by atoms with E-state index in [0.29, 0.717) is 12.0 Å². The summed E-state index contributed by atoms with van der Waals surface area (Å²) in [6, 6.07) is 6.09. The number of hydrogen-bond donors (Lipinski definition) is 2. The molecule has 3 saturated heterocycles. The standard InChI is InChI=1S/C33H49N9/c1-3-39(4-2)29-14-19-41(23-29)26-12-17-40(18-13-26)27-10-11-30(35-22-27)37-32-36-20-25-8-9-28-21-34-24-33(15-6-5-7-16-33)42(28)31(25)38-32/h8-11,20,22,26,28-29,34H,3-7,12-19,21,23-24H2,1-2H3,(H,35,36,37,38). The van der Waals surface area contributed by atoms with Gasteiger partial charge in [-0.25, -0.2) is 9.97 Å². The second-order valence-corrected chi connectivity index (χ2v) is 13.1. The fraction of sp³-hybridized carbons (Fsp3) is 0.667. The highest BCUT2D eigenvalue weighted by atomic mass is 15.3. The molecule has 0 radical (unpaired) electrons. The lowest BCUT2D eigenvalue weighted by molar-refractivity contribution is 0.171. The first kappa shape index (κ1) is 28.0. The predicted octanol–water partition coefficient (Wildman–Crippen LogP) is 4.51. The highest BCUT2D eigenvalue weighted by Crippen LogP contribution is 2.42. The first-order chi connectivity index (χ1) is 20.7. The van der Waals surface area contributed by atoms with E-state index >= 15 is 0 Å². The minimum absolute atomic E-state index is 0.154. The van der Waals surface area contributed by atoms with Gasteiger partial charge in [0.1, 0.15) is 11.6 Å². The highest BCUT2D eigenvalue weighted by Gasteiger charge is 2.45. The SMILES string of the molecule is CCN(CC)C1CCN(C2CCN(c3ccc(Nc4ncc5c(n4)N4C(C=C5)CNCC45CCCCC5)nc3)CC2)C1. The molecule has 1 saturated carbocycles. The number of piperazine rings is 1. The van der Waals surface area contributed by atoms with Crippen molar-refractivity contribution in [2.24, 2.45) is 0 Å². The maximum absolute atomic E-state index is 5.09. The predicted molar refractivity (Wildman–Crippen MR) is 172 cm³/mol. The van der Waals surface area contributed by atoms with Crippen molar-refractivity contribution >= 4 is 29.3 Å². The Morgan fingerprint density at radius 2 is 1.83 bits per heavy atom. The smallest absolute Gasteiger partial charge is 0.230 e. The molecule has 0 bridgehead atoms. The van der Waals surface area contributed by atoms with Gasteiger partial charge in [0.25, 0.3) is 0 Å². The van der Waals surface area contributed by atoms with Crippen molar-refractivity contribution in [3.05, 3.63) is 36.2 Å². The monoisotopic (exact) mass is 571 g/mol. The van der Waals surface area contributed by atoms with Crippen molar-refractivity contribution in [3.63, 3.8) is 0 Å². The molecule has 0 aromatic carbocycles. The van der Waals surface area contributed by atoms with Crippen molar-refractivity contribution in [1.29, 1.82) is 0 Å². The molecule has 9 heteroatoms. The van der Waals surface area contributed by atoms with Crippen LogP contribution in [-0.4, -0.2) is 101 Å². The average molecular weight is 572 g/mol. The van der Waals surface area contributed by atoms with Gasteiger partial charge in [-0.2, -0.15) is 4.98 Å². The van der Waals surface area contributed by atoms with Crippen LogP contribution in [0, 0.1) is 0 Å². The van der Waals surface area contributed by atoms with Crippen molar-refractivity contribution in [2.75, 3.05) is 67.5 Å². The lowest BCUT2D eigenvalue weighted by Gasteiger charge is -2.55. The number of aromatic nitrogens is 3. The lowest BCUT2D eigenvalue weighted by atomic mass is 9.77. The summed E-state index contributed by atoms with van der Waals surface area (Å²) in [6.07, 6.45) is 18.7. The van der Waals surface area contributed by atoms with E-state index in [2.05, 4.69) is 73.3 Å². The number of nitrogens with one attached hydrogen (secondary N) is 2. The Morgan fingerprint density at radius 3 is 2.60 bits per heavy atom. The largest absolute Gasteiger partial charge is 0.370 e. The Balaban J connectivity index is 0.983. The van der Waals surface area contributed by atoms with Crippen LogP contribution in [0.4, 0.5) is 23.3 Å². The van der Waals surface area contributed by atoms with Gasteiger partial charge in [0.05, 0.1) is 23.5 Å². The van der Waals surface area contributed by atoms with Crippen molar-refractivity contribution in [3.8, 4) is 0 Å². The quantitative estimate of drug-likeness (QED) is 0.499. The zero-order valence-electron chi connectivity index (χ0n) is 25.6. The molecule has 1 spiro atoms. The molecule has 2 aromatic rings. The van der Waals surface area contributed by atoms with Crippen LogP contribution in [0.1, 0.15) is 70.8 Å². The fourth-order valence-corrected chi connectivity index (χ4v) is 8.50. The third-order valence-corrected chi connectivity index (χ3v) is 10.8. The summed E-state index contributed by atoms with van der Waals surface area (Å²) in [5.74, 6) is 2.50. The average Bonchev–Trinajstić information content (AvgIpc) is 3.53. The summed E-state index contributed by atoms with van der Waals surface area (Å²) >= 11 is 0. The van der Waals surface area contributed by atoms with E-state index in [0.717, 1.165) is 55.5 Å². The zero-order chi connectivity index (χ0) is 28.5. The summed E-state index contributed by atoms with van der Waals surface area (Å²) in [5.41, 5.74) is 2.48. The molecule has 1 aliphatic carbocycles. The van der Waals surface area contributed by atoms with Gasteiger partial charge in [-0.1, -0.05) is 45.3 Å². The number of piperidine rings is 1. The Labute approximate surface area is 251 Å². The van der Waals surface area contributed by atoms with Gasteiger partial charge in [-0.05, 0) is 57.3 Å². The van der Waals surface area contributed by atoms with Crippen LogP contribution in [0.3, 0.4) is 0 Å².